The number of pyridine rings is 1. The fraction of sp³-hybridized carbons (Fsp3) is 0.304. The Morgan fingerprint density at radius 3 is 2.59 bits per heavy atom. The average molecular weight is 512 g/mol. The number of hydrogen-bond donors (Lipinski definition) is 2. The number of carbonyl (C=O) groups excluding carboxylic acids is 1. The minimum Gasteiger partial charge on any atom is -0.342 e. The maximum absolute atomic E-state index is 13.3. The first-order chi connectivity index (χ1) is 15.8. The molecule has 1 amide bonds. The number of nitrogens with one attached hydrogen (secondary N) is 2. The molecule has 0 radical (unpaired) electrons. The fourth-order valence-corrected chi connectivity index (χ4v) is 4.27. The van der Waals surface area contributed by atoms with Gasteiger partial charge in [0, 0.05) is 30.2 Å². The quantitative estimate of drug-likeness (QED) is 0.489. The lowest BCUT2D eigenvalue weighted by molar-refractivity contribution is -0.137. The normalized spacial score (nSPS) is 16.9. The van der Waals surface area contributed by atoms with E-state index in [4.69, 9.17) is 11.6 Å². The summed E-state index contributed by atoms with van der Waals surface area (Å²) in [7, 11) is 0. The van der Waals surface area contributed by atoms with Gasteiger partial charge in [0.15, 0.2) is 0 Å². The van der Waals surface area contributed by atoms with Gasteiger partial charge in [-0.2, -0.15) is 13.2 Å². The summed E-state index contributed by atoms with van der Waals surface area (Å²) < 4.78 is 39.8. The molecule has 11 heteroatoms. The van der Waals surface area contributed by atoms with E-state index < -0.39 is 34.4 Å². The molecule has 1 aromatic carbocycles. The predicted octanol–water partition coefficient (Wildman–Crippen LogP) is 5.25. The molecule has 1 aliphatic rings. The molecule has 0 saturated carbocycles. The highest BCUT2D eigenvalue weighted by atomic mass is 35.5. The second kappa shape index (κ2) is 11.1. The van der Waals surface area contributed by atoms with E-state index in [-0.39, 0.29) is 18.4 Å². The monoisotopic (exact) mass is 511 g/mol. The van der Waals surface area contributed by atoms with Crippen molar-refractivity contribution < 1.29 is 18.0 Å². The van der Waals surface area contributed by atoms with Gasteiger partial charge in [0.1, 0.15) is 12.0 Å². The number of amides is 1. The summed E-state index contributed by atoms with van der Waals surface area (Å²) in [6, 6.07) is 7.70. The molecule has 6 nitrogen and oxygen atoms in total. The van der Waals surface area contributed by atoms with Crippen LogP contribution < -0.4 is 10.6 Å². The van der Waals surface area contributed by atoms with Gasteiger partial charge in [-0.05, 0) is 42.6 Å². The Balaban J connectivity index is 0.00000324. The highest BCUT2D eigenvalue weighted by Gasteiger charge is 2.36. The Labute approximate surface area is 205 Å². The van der Waals surface area contributed by atoms with E-state index >= 15 is 0 Å². The number of rotatable bonds is 5. The maximum Gasteiger partial charge on any atom is 0.417 e. The number of aromatic nitrogens is 3. The number of carbonyl (C=O) groups is 1. The number of piperidine rings is 1. The summed E-state index contributed by atoms with van der Waals surface area (Å²) in [5, 5.41) is 5.57. The van der Waals surface area contributed by atoms with Crippen LogP contribution >= 0.6 is 24.0 Å². The van der Waals surface area contributed by atoms with Gasteiger partial charge in [0.25, 0.3) is 5.91 Å². The standard InChI is InChI=1S/C23H21ClF3N5O.ClH/c24-19-17(23(25,26)27)7-9-31-21(19)22(33)32-20(18-6-1-2-8-30-18)15-5-3-4-14(10-15)16-11-28-13-29-12-16;/h3-5,7,9-13,18,20,30H,1-2,6,8H2,(H,32,33);1H/t18-,20?;/m0./s1. The Morgan fingerprint density at radius 2 is 1.91 bits per heavy atom. The van der Waals surface area contributed by atoms with Crippen molar-refractivity contribution in [2.24, 2.45) is 0 Å². The summed E-state index contributed by atoms with van der Waals surface area (Å²) in [6.07, 6.45) is 3.84. The van der Waals surface area contributed by atoms with Gasteiger partial charge in [0.2, 0.25) is 0 Å². The maximum atomic E-state index is 13.3. The third kappa shape index (κ3) is 5.84. The predicted molar refractivity (Wildman–Crippen MR) is 125 cm³/mol. The van der Waals surface area contributed by atoms with Crippen LogP contribution in [0.1, 0.15) is 46.9 Å². The summed E-state index contributed by atoms with van der Waals surface area (Å²) >= 11 is 5.94. The minimum atomic E-state index is -4.69. The second-order valence-electron chi connectivity index (χ2n) is 7.78. The molecule has 2 aromatic heterocycles. The number of benzene rings is 1. The van der Waals surface area contributed by atoms with Crippen LogP contribution in [0.2, 0.25) is 5.02 Å². The largest absolute Gasteiger partial charge is 0.417 e. The van der Waals surface area contributed by atoms with Crippen LogP contribution in [-0.2, 0) is 6.18 Å². The topological polar surface area (TPSA) is 79.8 Å². The molecule has 0 spiro atoms. The third-order valence-electron chi connectivity index (χ3n) is 5.59. The van der Waals surface area contributed by atoms with Crippen molar-refractivity contribution in [1.82, 2.24) is 25.6 Å². The van der Waals surface area contributed by atoms with Crippen molar-refractivity contribution in [3.05, 3.63) is 77.1 Å². The molecule has 1 saturated heterocycles. The molecule has 2 N–H and O–H groups in total. The van der Waals surface area contributed by atoms with Gasteiger partial charge < -0.3 is 10.6 Å². The van der Waals surface area contributed by atoms with E-state index in [1.807, 2.05) is 24.3 Å². The molecule has 3 heterocycles. The zero-order valence-corrected chi connectivity index (χ0v) is 19.4. The van der Waals surface area contributed by atoms with Crippen LogP contribution in [0.3, 0.4) is 0 Å². The molecule has 2 atom stereocenters. The lowest BCUT2D eigenvalue weighted by Crippen LogP contribution is -2.46. The Bertz CT molecular complexity index is 1130. The van der Waals surface area contributed by atoms with Crippen molar-refractivity contribution in [3.63, 3.8) is 0 Å². The van der Waals surface area contributed by atoms with E-state index in [2.05, 4.69) is 25.6 Å². The van der Waals surface area contributed by atoms with Gasteiger partial charge in [-0.1, -0.05) is 36.2 Å². The summed E-state index contributed by atoms with van der Waals surface area (Å²) in [4.78, 5) is 25.0. The third-order valence-corrected chi connectivity index (χ3v) is 5.97. The van der Waals surface area contributed by atoms with Crippen LogP contribution in [0, 0.1) is 0 Å². The second-order valence-corrected chi connectivity index (χ2v) is 8.16. The highest BCUT2D eigenvalue weighted by Crippen LogP contribution is 2.36. The van der Waals surface area contributed by atoms with Crippen LogP contribution in [0.4, 0.5) is 13.2 Å². The summed E-state index contributed by atoms with van der Waals surface area (Å²) in [5.41, 5.74) is 0.914. The van der Waals surface area contributed by atoms with E-state index in [0.717, 1.165) is 54.8 Å². The smallest absolute Gasteiger partial charge is 0.342 e. The van der Waals surface area contributed by atoms with Gasteiger partial charge in [-0.3, -0.25) is 4.79 Å². The van der Waals surface area contributed by atoms with Gasteiger partial charge >= 0.3 is 6.18 Å². The first kappa shape index (κ1) is 25.9. The SMILES string of the molecule is Cl.O=C(NC(c1cccc(-c2cncnc2)c1)[C@@H]1CCCCN1)c1nccc(C(F)(F)F)c1Cl. The zero-order chi connectivity index (χ0) is 23.4. The molecular formula is C23H22Cl2F3N5O. The van der Waals surface area contributed by atoms with Crippen molar-refractivity contribution >= 4 is 29.9 Å². The van der Waals surface area contributed by atoms with Gasteiger partial charge in [-0.15, -0.1) is 12.4 Å². The molecule has 0 bridgehead atoms. The molecular weight excluding hydrogens is 490 g/mol. The molecule has 1 unspecified atom stereocenters. The van der Waals surface area contributed by atoms with Crippen molar-refractivity contribution in [2.45, 2.75) is 37.5 Å². The molecule has 34 heavy (non-hydrogen) atoms. The van der Waals surface area contributed by atoms with Crippen molar-refractivity contribution in [2.75, 3.05) is 6.54 Å². The Hall–Kier alpha value is -2.75. The van der Waals surface area contributed by atoms with Crippen LogP contribution in [0.5, 0.6) is 0 Å². The molecule has 4 rings (SSSR count). The zero-order valence-electron chi connectivity index (χ0n) is 17.8. The van der Waals surface area contributed by atoms with E-state index in [1.165, 1.54) is 6.33 Å². The lowest BCUT2D eigenvalue weighted by atomic mass is 9.91. The van der Waals surface area contributed by atoms with Crippen molar-refractivity contribution in [3.8, 4) is 11.1 Å². The van der Waals surface area contributed by atoms with E-state index in [1.54, 1.807) is 12.4 Å². The van der Waals surface area contributed by atoms with Gasteiger partial charge in [-0.25, -0.2) is 15.0 Å². The summed E-state index contributed by atoms with van der Waals surface area (Å²) in [5.74, 6) is -0.767. The van der Waals surface area contributed by atoms with Crippen LogP contribution in [-0.4, -0.2) is 33.4 Å². The first-order valence-corrected chi connectivity index (χ1v) is 10.8. The van der Waals surface area contributed by atoms with E-state index in [0.29, 0.717) is 0 Å². The molecule has 0 aliphatic carbocycles. The Kier molecular flexibility index (Phi) is 8.46. The molecule has 180 valence electrons. The van der Waals surface area contributed by atoms with Gasteiger partial charge in [0.05, 0.1) is 16.6 Å². The minimum absolute atomic E-state index is 0. The van der Waals surface area contributed by atoms with Crippen LogP contribution in [0.15, 0.2) is 55.2 Å². The number of alkyl halides is 3. The lowest BCUT2D eigenvalue weighted by Gasteiger charge is -2.32. The van der Waals surface area contributed by atoms with E-state index in [9.17, 15) is 18.0 Å². The number of nitrogens with zero attached hydrogens (tertiary/aromatic N) is 3. The van der Waals surface area contributed by atoms with Crippen LogP contribution in [0.25, 0.3) is 11.1 Å². The average Bonchev–Trinajstić information content (AvgIpc) is 2.83. The highest BCUT2D eigenvalue weighted by molar-refractivity contribution is 6.34. The fourth-order valence-electron chi connectivity index (χ4n) is 3.97. The Morgan fingerprint density at radius 1 is 1.15 bits per heavy atom. The summed E-state index contributed by atoms with van der Waals surface area (Å²) in [6.45, 7) is 0.784. The number of hydrogen-bond acceptors (Lipinski definition) is 5. The number of halogens is 5. The van der Waals surface area contributed by atoms with Crippen molar-refractivity contribution in [1.29, 1.82) is 0 Å². The molecule has 1 aliphatic heterocycles. The molecule has 1 fully saturated rings. The molecule has 3 aromatic rings. The first-order valence-electron chi connectivity index (χ1n) is 10.5.